The Morgan fingerprint density at radius 3 is 2.92 bits per heavy atom. The number of hydrazone groups is 1. The number of hydrogen-bond donors (Lipinski definition) is 1. The summed E-state index contributed by atoms with van der Waals surface area (Å²) in [5.74, 6) is 1.66. The molecule has 2 aromatic carbocycles. The van der Waals surface area contributed by atoms with Gasteiger partial charge < -0.3 is 14.2 Å². The summed E-state index contributed by atoms with van der Waals surface area (Å²) in [5.41, 5.74) is 4.15. The number of fused-ring (bicyclic) bond motifs is 1. The molecule has 2 aromatic rings. The lowest BCUT2D eigenvalue weighted by molar-refractivity contribution is -0.123. The van der Waals surface area contributed by atoms with E-state index in [0.717, 1.165) is 11.1 Å². The van der Waals surface area contributed by atoms with Crippen molar-refractivity contribution in [2.75, 3.05) is 19.8 Å². The Labute approximate surface area is 140 Å². The second-order valence-corrected chi connectivity index (χ2v) is 5.22. The van der Waals surface area contributed by atoms with Crippen molar-refractivity contribution in [3.8, 4) is 17.2 Å². The van der Waals surface area contributed by atoms with Gasteiger partial charge in [-0.1, -0.05) is 24.3 Å². The average Bonchev–Trinajstić information content (AvgIpc) is 2.61. The third-order valence-corrected chi connectivity index (χ3v) is 3.44. The minimum absolute atomic E-state index is 0.102. The van der Waals surface area contributed by atoms with Gasteiger partial charge in [-0.05, 0) is 30.7 Å². The van der Waals surface area contributed by atoms with E-state index in [4.69, 9.17) is 14.2 Å². The SMILES string of the molecule is Cc1ccccc1OCC(=O)N/N=C/c1cccc2c1OCCO2. The highest BCUT2D eigenvalue weighted by molar-refractivity contribution is 5.86. The summed E-state index contributed by atoms with van der Waals surface area (Å²) < 4.78 is 16.5. The third kappa shape index (κ3) is 3.84. The van der Waals surface area contributed by atoms with Crippen LogP contribution in [-0.4, -0.2) is 31.9 Å². The van der Waals surface area contributed by atoms with Gasteiger partial charge in [0.25, 0.3) is 5.91 Å². The summed E-state index contributed by atoms with van der Waals surface area (Å²) in [6.45, 7) is 2.84. The lowest BCUT2D eigenvalue weighted by atomic mass is 10.2. The third-order valence-electron chi connectivity index (χ3n) is 3.44. The van der Waals surface area contributed by atoms with Crippen molar-refractivity contribution in [3.63, 3.8) is 0 Å². The van der Waals surface area contributed by atoms with Gasteiger partial charge in [-0.3, -0.25) is 4.79 Å². The Hall–Kier alpha value is -3.02. The van der Waals surface area contributed by atoms with Gasteiger partial charge in [0.2, 0.25) is 0 Å². The summed E-state index contributed by atoms with van der Waals surface area (Å²) in [4.78, 5) is 11.8. The van der Waals surface area contributed by atoms with E-state index in [9.17, 15) is 4.79 Å². The van der Waals surface area contributed by atoms with Crippen LogP contribution in [0, 0.1) is 6.92 Å². The number of hydrogen-bond acceptors (Lipinski definition) is 5. The zero-order valence-electron chi connectivity index (χ0n) is 13.3. The molecule has 6 nitrogen and oxygen atoms in total. The Morgan fingerprint density at radius 2 is 2.04 bits per heavy atom. The van der Waals surface area contributed by atoms with E-state index < -0.39 is 0 Å². The zero-order chi connectivity index (χ0) is 16.8. The van der Waals surface area contributed by atoms with Gasteiger partial charge in [-0.25, -0.2) is 5.43 Å². The molecule has 0 unspecified atom stereocenters. The van der Waals surface area contributed by atoms with Crippen molar-refractivity contribution in [1.29, 1.82) is 0 Å². The lowest BCUT2D eigenvalue weighted by Crippen LogP contribution is -2.24. The maximum absolute atomic E-state index is 11.8. The molecule has 1 heterocycles. The first-order chi connectivity index (χ1) is 11.7. The molecule has 124 valence electrons. The van der Waals surface area contributed by atoms with Gasteiger partial charge in [0.05, 0.1) is 6.21 Å². The number of nitrogens with one attached hydrogen (secondary N) is 1. The van der Waals surface area contributed by atoms with Crippen LogP contribution in [0.3, 0.4) is 0 Å². The summed E-state index contributed by atoms with van der Waals surface area (Å²) in [6, 6.07) is 13.0. The number of carbonyl (C=O) groups is 1. The molecule has 0 bridgehead atoms. The fraction of sp³-hybridized carbons (Fsp3) is 0.222. The van der Waals surface area contributed by atoms with Crippen molar-refractivity contribution in [1.82, 2.24) is 5.43 Å². The normalized spacial score (nSPS) is 12.9. The van der Waals surface area contributed by atoms with Gasteiger partial charge in [0.15, 0.2) is 18.1 Å². The predicted molar refractivity (Wildman–Crippen MR) is 89.8 cm³/mol. The first-order valence-electron chi connectivity index (χ1n) is 7.63. The standard InChI is InChI=1S/C18H18N2O4/c1-13-5-2-3-7-15(13)24-12-17(21)20-19-11-14-6-4-8-16-18(14)23-10-9-22-16/h2-8,11H,9-10,12H2,1H3,(H,20,21)/b19-11+. The number of nitrogens with zero attached hydrogens (tertiary/aromatic N) is 1. The number of benzene rings is 2. The molecule has 0 spiro atoms. The van der Waals surface area contributed by atoms with Gasteiger partial charge in [0, 0.05) is 5.56 Å². The molecule has 0 saturated heterocycles. The van der Waals surface area contributed by atoms with Gasteiger partial charge >= 0.3 is 0 Å². The van der Waals surface area contributed by atoms with Crippen LogP contribution in [0.4, 0.5) is 0 Å². The van der Waals surface area contributed by atoms with Crippen LogP contribution in [0.2, 0.25) is 0 Å². The maximum atomic E-state index is 11.8. The molecule has 6 heteroatoms. The number of rotatable bonds is 5. The van der Waals surface area contributed by atoms with E-state index in [2.05, 4.69) is 10.5 Å². The Bertz CT molecular complexity index is 758. The molecule has 1 aliphatic rings. The van der Waals surface area contributed by atoms with E-state index in [0.29, 0.717) is 30.5 Å². The molecule has 0 aromatic heterocycles. The summed E-state index contributed by atoms with van der Waals surface area (Å²) >= 11 is 0. The second-order valence-electron chi connectivity index (χ2n) is 5.22. The maximum Gasteiger partial charge on any atom is 0.277 e. The van der Waals surface area contributed by atoms with Gasteiger partial charge in [-0.15, -0.1) is 0 Å². The zero-order valence-corrected chi connectivity index (χ0v) is 13.3. The fourth-order valence-electron chi connectivity index (χ4n) is 2.27. The van der Waals surface area contributed by atoms with Crippen molar-refractivity contribution in [2.45, 2.75) is 6.92 Å². The van der Waals surface area contributed by atoms with Crippen molar-refractivity contribution >= 4 is 12.1 Å². The van der Waals surface area contributed by atoms with E-state index in [1.54, 1.807) is 0 Å². The summed E-state index contributed by atoms with van der Waals surface area (Å²) in [6.07, 6.45) is 1.53. The first-order valence-corrected chi connectivity index (χ1v) is 7.63. The molecule has 3 rings (SSSR count). The lowest BCUT2D eigenvalue weighted by Gasteiger charge is -2.19. The van der Waals surface area contributed by atoms with E-state index >= 15 is 0 Å². The number of ether oxygens (including phenoxy) is 3. The van der Waals surface area contributed by atoms with Crippen LogP contribution >= 0.6 is 0 Å². The highest BCUT2D eigenvalue weighted by Gasteiger charge is 2.14. The largest absolute Gasteiger partial charge is 0.486 e. The Kier molecular flexibility index (Phi) is 4.96. The Balaban J connectivity index is 1.55. The second kappa shape index (κ2) is 7.50. The molecule has 1 N–H and O–H groups in total. The molecular formula is C18H18N2O4. The molecule has 0 radical (unpaired) electrons. The van der Waals surface area contributed by atoms with Crippen LogP contribution in [-0.2, 0) is 4.79 Å². The van der Waals surface area contributed by atoms with Crippen LogP contribution in [0.5, 0.6) is 17.2 Å². The molecule has 1 amide bonds. The fourth-order valence-corrected chi connectivity index (χ4v) is 2.27. The van der Waals surface area contributed by atoms with Crippen LogP contribution < -0.4 is 19.6 Å². The molecular weight excluding hydrogens is 308 g/mol. The van der Waals surface area contributed by atoms with Crippen molar-refractivity contribution in [2.24, 2.45) is 5.10 Å². The van der Waals surface area contributed by atoms with E-state index in [1.165, 1.54) is 6.21 Å². The summed E-state index contributed by atoms with van der Waals surface area (Å²) in [7, 11) is 0. The highest BCUT2D eigenvalue weighted by Crippen LogP contribution is 2.32. The minimum atomic E-state index is -0.337. The number of para-hydroxylation sites is 2. The van der Waals surface area contributed by atoms with Crippen LogP contribution in [0.25, 0.3) is 0 Å². The van der Waals surface area contributed by atoms with E-state index in [-0.39, 0.29) is 12.5 Å². The highest BCUT2D eigenvalue weighted by atomic mass is 16.6. The smallest absolute Gasteiger partial charge is 0.277 e. The molecule has 1 aliphatic heterocycles. The molecule has 0 atom stereocenters. The monoisotopic (exact) mass is 326 g/mol. The number of aryl methyl sites for hydroxylation is 1. The van der Waals surface area contributed by atoms with Gasteiger partial charge in [-0.2, -0.15) is 5.10 Å². The molecule has 0 aliphatic carbocycles. The average molecular weight is 326 g/mol. The van der Waals surface area contributed by atoms with Gasteiger partial charge in [0.1, 0.15) is 19.0 Å². The quantitative estimate of drug-likeness (QED) is 0.676. The first kappa shape index (κ1) is 15.9. The van der Waals surface area contributed by atoms with E-state index in [1.807, 2.05) is 49.4 Å². The van der Waals surface area contributed by atoms with Crippen molar-refractivity contribution in [3.05, 3.63) is 53.6 Å². The van der Waals surface area contributed by atoms with Crippen LogP contribution in [0.1, 0.15) is 11.1 Å². The summed E-state index contributed by atoms with van der Waals surface area (Å²) in [5, 5.41) is 3.94. The van der Waals surface area contributed by atoms with Crippen molar-refractivity contribution < 1.29 is 19.0 Å². The van der Waals surface area contributed by atoms with Crippen LogP contribution in [0.15, 0.2) is 47.6 Å². The molecule has 0 saturated carbocycles. The number of carbonyl (C=O) groups excluding carboxylic acids is 1. The molecule has 24 heavy (non-hydrogen) atoms. The predicted octanol–water partition coefficient (Wildman–Crippen LogP) is 2.30. The minimum Gasteiger partial charge on any atom is -0.486 e. The number of amides is 1. The molecule has 0 fully saturated rings. The topological polar surface area (TPSA) is 69.2 Å². The Morgan fingerprint density at radius 1 is 1.21 bits per heavy atom.